The number of furan rings is 1. The van der Waals surface area contributed by atoms with E-state index in [4.69, 9.17) is 16.0 Å². The number of nitrogens with one attached hydrogen (secondary N) is 1. The van der Waals surface area contributed by atoms with Crippen LogP contribution >= 0.6 is 11.6 Å². The fourth-order valence-corrected chi connectivity index (χ4v) is 1.92. The molecule has 0 unspecified atom stereocenters. The lowest BCUT2D eigenvalue weighted by Gasteiger charge is -2.09. The summed E-state index contributed by atoms with van der Waals surface area (Å²) in [7, 11) is 0. The molecule has 1 atom stereocenters. The Balaban J connectivity index is 1.81. The highest BCUT2D eigenvalue weighted by molar-refractivity contribution is 6.30. The van der Waals surface area contributed by atoms with E-state index in [0.717, 1.165) is 11.3 Å². The molecule has 4 nitrogen and oxygen atoms in total. The molecule has 1 amide bonds. The zero-order chi connectivity index (χ0) is 14.5. The van der Waals surface area contributed by atoms with Gasteiger partial charge in [-0.05, 0) is 36.8 Å². The van der Waals surface area contributed by atoms with Gasteiger partial charge in [-0.25, -0.2) is 0 Å². The van der Waals surface area contributed by atoms with Gasteiger partial charge in [0, 0.05) is 5.02 Å². The number of aliphatic hydroxyl groups excluding tert-OH is 1. The summed E-state index contributed by atoms with van der Waals surface area (Å²) in [5, 5.41) is 13.2. The van der Waals surface area contributed by atoms with Crippen LogP contribution in [0.15, 0.2) is 40.8 Å². The molecule has 2 N–H and O–H groups in total. The molecule has 5 heteroatoms. The van der Waals surface area contributed by atoms with Crippen molar-refractivity contribution in [2.24, 2.45) is 0 Å². The third kappa shape index (κ3) is 4.11. The van der Waals surface area contributed by atoms with Crippen molar-refractivity contribution in [2.45, 2.75) is 19.4 Å². The largest absolute Gasteiger partial charge is 0.464 e. The lowest BCUT2D eigenvalue weighted by Crippen LogP contribution is -2.29. The monoisotopic (exact) mass is 293 g/mol. The molecule has 0 bridgehead atoms. The first-order valence-corrected chi connectivity index (χ1v) is 6.68. The summed E-state index contributed by atoms with van der Waals surface area (Å²) in [6.07, 6.45) is -0.584. The fourth-order valence-electron chi connectivity index (χ4n) is 1.79. The Bertz CT molecular complexity index is 577. The summed E-state index contributed by atoms with van der Waals surface area (Å²) in [6.45, 7) is 1.93. The van der Waals surface area contributed by atoms with Crippen LogP contribution in [0.4, 0.5) is 0 Å². The van der Waals surface area contributed by atoms with Crippen molar-refractivity contribution in [1.29, 1.82) is 0 Å². The second-order valence-corrected chi connectivity index (χ2v) is 5.01. The Morgan fingerprint density at radius 2 is 2.00 bits per heavy atom. The molecule has 1 aromatic heterocycles. The average molecular weight is 294 g/mol. The molecule has 0 aliphatic rings. The first-order chi connectivity index (χ1) is 9.54. The van der Waals surface area contributed by atoms with Gasteiger partial charge in [-0.3, -0.25) is 4.79 Å². The molecular weight excluding hydrogens is 278 g/mol. The van der Waals surface area contributed by atoms with Gasteiger partial charge in [0.15, 0.2) is 0 Å². The number of amides is 1. The minimum Gasteiger partial charge on any atom is -0.464 e. The minimum absolute atomic E-state index is 0.124. The SMILES string of the molecule is Cc1ccc([C@H](O)CNC(=O)Cc2ccc(Cl)cc2)o1. The molecular formula is C15H16ClNO3. The van der Waals surface area contributed by atoms with Crippen molar-refractivity contribution in [3.05, 3.63) is 58.5 Å². The molecule has 0 fully saturated rings. The molecule has 0 aliphatic carbocycles. The van der Waals surface area contributed by atoms with E-state index in [2.05, 4.69) is 5.32 Å². The van der Waals surface area contributed by atoms with E-state index in [1.54, 1.807) is 43.3 Å². The predicted octanol–water partition coefficient (Wildman–Crippen LogP) is 2.63. The standard InChI is InChI=1S/C15H16ClNO3/c1-10-2-7-14(20-10)13(18)9-17-15(19)8-11-3-5-12(16)6-4-11/h2-7,13,18H,8-9H2,1H3,(H,17,19)/t13-/m1/s1. The average Bonchev–Trinajstić information content (AvgIpc) is 2.85. The van der Waals surface area contributed by atoms with E-state index in [1.165, 1.54) is 0 Å². The van der Waals surface area contributed by atoms with E-state index in [-0.39, 0.29) is 18.9 Å². The normalized spacial score (nSPS) is 12.2. The highest BCUT2D eigenvalue weighted by Gasteiger charge is 2.13. The third-order valence-electron chi connectivity index (χ3n) is 2.86. The lowest BCUT2D eigenvalue weighted by atomic mass is 10.1. The van der Waals surface area contributed by atoms with Crippen LogP contribution in [0.5, 0.6) is 0 Å². The van der Waals surface area contributed by atoms with Crippen LogP contribution in [0.25, 0.3) is 0 Å². The number of carbonyl (C=O) groups excluding carboxylic acids is 1. The van der Waals surface area contributed by atoms with Crippen molar-refractivity contribution in [3.63, 3.8) is 0 Å². The molecule has 0 aliphatic heterocycles. The first-order valence-electron chi connectivity index (χ1n) is 6.30. The molecule has 2 aromatic rings. The van der Waals surface area contributed by atoms with Crippen molar-refractivity contribution in [2.75, 3.05) is 6.54 Å². The summed E-state index contributed by atoms with van der Waals surface area (Å²) in [5.41, 5.74) is 0.871. The van der Waals surface area contributed by atoms with Gasteiger partial charge in [0.25, 0.3) is 0 Å². The van der Waals surface area contributed by atoms with E-state index < -0.39 is 6.10 Å². The Labute approximate surface area is 122 Å². The molecule has 0 spiro atoms. The maximum absolute atomic E-state index is 11.8. The zero-order valence-electron chi connectivity index (χ0n) is 11.1. The molecule has 1 aromatic carbocycles. The van der Waals surface area contributed by atoms with Gasteiger partial charge < -0.3 is 14.8 Å². The topological polar surface area (TPSA) is 62.5 Å². The maximum Gasteiger partial charge on any atom is 0.224 e. The molecule has 106 valence electrons. The second kappa shape index (κ2) is 6.59. The molecule has 1 heterocycles. The number of aliphatic hydroxyl groups is 1. The van der Waals surface area contributed by atoms with Crippen LogP contribution in [0.2, 0.25) is 5.02 Å². The number of halogens is 1. The Kier molecular flexibility index (Phi) is 4.82. The summed E-state index contributed by atoms with van der Waals surface area (Å²) < 4.78 is 5.29. The van der Waals surface area contributed by atoms with Gasteiger partial charge in [-0.1, -0.05) is 23.7 Å². The highest BCUT2D eigenvalue weighted by Crippen LogP contribution is 2.15. The highest BCUT2D eigenvalue weighted by atomic mass is 35.5. The number of hydrogen-bond acceptors (Lipinski definition) is 3. The Morgan fingerprint density at radius 3 is 2.60 bits per heavy atom. The number of benzene rings is 1. The minimum atomic E-state index is -0.835. The van der Waals surface area contributed by atoms with Crippen LogP contribution in [0.1, 0.15) is 23.2 Å². The number of rotatable bonds is 5. The van der Waals surface area contributed by atoms with Gasteiger partial charge in [0.05, 0.1) is 13.0 Å². The lowest BCUT2D eigenvalue weighted by molar-refractivity contribution is -0.120. The smallest absolute Gasteiger partial charge is 0.224 e. The predicted molar refractivity (Wildman–Crippen MR) is 76.6 cm³/mol. The van der Waals surface area contributed by atoms with E-state index in [9.17, 15) is 9.90 Å². The van der Waals surface area contributed by atoms with Crippen LogP contribution < -0.4 is 5.32 Å². The number of aryl methyl sites for hydroxylation is 1. The van der Waals surface area contributed by atoms with Crippen LogP contribution in [0.3, 0.4) is 0 Å². The van der Waals surface area contributed by atoms with Gasteiger partial charge in [0.1, 0.15) is 17.6 Å². The van der Waals surface area contributed by atoms with E-state index >= 15 is 0 Å². The molecule has 0 radical (unpaired) electrons. The van der Waals surface area contributed by atoms with Gasteiger partial charge in [0.2, 0.25) is 5.91 Å². The van der Waals surface area contributed by atoms with Gasteiger partial charge in [-0.15, -0.1) is 0 Å². The van der Waals surface area contributed by atoms with Crippen molar-refractivity contribution in [3.8, 4) is 0 Å². The zero-order valence-corrected chi connectivity index (χ0v) is 11.9. The number of carbonyl (C=O) groups is 1. The Hall–Kier alpha value is -1.78. The molecule has 20 heavy (non-hydrogen) atoms. The maximum atomic E-state index is 11.8. The molecule has 2 rings (SSSR count). The van der Waals surface area contributed by atoms with E-state index in [0.29, 0.717) is 10.8 Å². The van der Waals surface area contributed by atoms with Gasteiger partial charge >= 0.3 is 0 Å². The van der Waals surface area contributed by atoms with Gasteiger partial charge in [-0.2, -0.15) is 0 Å². The van der Waals surface area contributed by atoms with Crippen LogP contribution in [0, 0.1) is 6.92 Å². The van der Waals surface area contributed by atoms with Crippen LogP contribution in [-0.4, -0.2) is 17.6 Å². The van der Waals surface area contributed by atoms with Crippen LogP contribution in [-0.2, 0) is 11.2 Å². The summed E-state index contributed by atoms with van der Waals surface area (Å²) >= 11 is 5.78. The molecule has 0 saturated carbocycles. The van der Waals surface area contributed by atoms with Crippen molar-refractivity contribution < 1.29 is 14.3 Å². The van der Waals surface area contributed by atoms with Crippen molar-refractivity contribution in [1.82, 2.24) is 5.32 Å². The molecule has 0 saturated heterocycles. The second-order valence-electron chi connectivity index (χ2n) is 4.57. The van der Waals surface area contributed by atoms with Crippen molar-refractivity contribution >= 4 is 17.5 Å². The number of hydrogen-bond donors (Lipinski definition) is 2. The summed E-state index contributed by atoms with van der Waals surface area (Å²) in [4.78, 5) is 11.8. The first kappa shape index (κ1) is 14.6. The summed E-state index contributed by atoms with van der Waals surface area (Å²) in [6, 6.07) is 10.6. The quantitative estimate of drug-likeness (QED) is 0.891. The van der Waals surface area contributed by atoms with E-state index in [1.807, 2.05) is 0 Å². The summed E-state index contributed by atoms with van der Waals surface area (Å²) in [5.74, 6) is 1.02. The Morgan fingerprint density at radius 1 is 1.30 bits per heavy atom. The third-order valence-corrected chi connectivity index (χ3v) is 3.11. The fraction of sp³-hybridized carbons (Fsp3) is 0.267.